The highest BCUT2D eigenvalue weighted by Crippen LogP contribution is 1.98. The normalized spacial score (nSPS) is 11.5. The molecule has 0 aromatic rings. The van der Waals surface area contributed by atoms with Crippen molar-refractivity contribution < 1.29 is 19.0 Å². The molecule has 0 aliphatic heterocycles. The molecule has 4 nitrogen and oxygen atoms in total. The Morgan fingerprint density at radius 2 is 2.07 bits per heavy atom. The number of carbonyl (C=O) groups excluding carboxylic acids is 1. The molecule has 0 heterocycles. The standard InChI is InChI=1S/C11H18O4/c1-4-11(12)15-7-6-10(3)14-9-8-13-5-2/h4-5,10H,1-2,6-9H2,3H3. The van der Waals surface area contributed by atoms with Crippen LogP contribution in [-0.2, 0) is 19.0 Å². The fourth-order valence-electron chi connectivity index (χ4n) is 0.848. The highest BCUT2D eigenvalue weighted by molar-refractivity contribution is 5.81. The van der Waals surface area contributed by atoms with Gasteiger partial charge in [-0.3, -0.25) is 0 Å². The van der Waals surface area contributed by atoms with E-state index in [0.29, 0.717) is 26.2 Å². The minimum atomic E-state index is -0.405. The summed E-state index contributed by atoms with van der Waals surface area (Å²) in [6.07, 6.45) is 3.22. The fourth-order valence-corrected chi connectivity index (χ4v) is 0.848. The molecule has 0 saturated carbocycles. The number of esters is 1. The predicted molar refractivity (Wildman–Crippen MR) is 57.3 cm³/mol. The molecule has 4 heteroatoms. The van der Waals surface area contributed by atoms with Gasteiger partial charge in [0.1, 0.15) is 6.61 Å². The largest absolute Gasteiger partial charge is 0.499 e. The van der Waals surface area contributed by atoms with Crippen LogP contribution < -0.4 is 0 Å². The summed E-state index contributed by atoms with van der Waals surface area (Å²) in [4.78, 5) is 10.7. The maximum Gasteiger partial charge on any atom is 0.330 e. The van der Waals surface area contributed by atoms with Crippen molar-refractivity contribution in [2.45, 2.75) is 19.4 Å². The molecule has 0 amide bonds. The average molecular weight is 214 g/mol. The zero-order chi connectivity index (χ0) is 11.5. The van der Waals surface area contributed by atoms with Crippen molar-refractivity contribution in [2.24, 2.45) is 0 Å². The molecule has 0 aromatic heterocycles. The maximum absolute atomic E-state index is 10.7. The lowest BCUT2D eigenvalue weighted by Crippen LogP contribution is -2.15. The zero-order valence-electron chi connectivity index (χ0n) is 9.11. The van der Waals surface area contributed by atoms with Crippen LogP contribution in [-0.4, -0.2) is 31.9 Å². The van der Waals surface area contributed by atoms with E-state index < -0.39 is 5.97 Å². The first-order chi connectivity index (χ1) is 7.20. The zero-order valence-corrected chi connectivity index (χ0v) is 9.11. The number of ether oxygens (including phenoxy) is 3. The van der Waals surface area contributed by atoms with E-state index in [1.807, 2.05) is 6.92 Å². The number of hydrogen-bond donors (Lipinski definition) is 0. The first kappa shape index (κ1) is 13.7. The molecule has 0 N–H and O–H groups in total. The van der Waals surface area contributed by atoms with Crippen LogP contribution in [0.3, 0.4) is 0 Å². The second-order valence-corrected chi connectivity index (χ2v) is 2.88. The second-order valence-electron chi connectivity index (χ2n) is 2.88. The van der Waals surface area contributed by atoms with Gasteiger partial charge in [-0.2, -0.15) is 0 Å². The van der Waals surface area contributed by atoms with Crippen molar-refractivity contribution in [3.8, 4) is 0 Å². The van der Waals surface area contributed by atoms with Gasteiger partial charge in [0, 0.05) is 12.5 Å². The first-order valence-electron chi connectivity index (χ1n) is 4.84. The van der Waals surface area contributed by atoms with Crippen molar-refractivity contribution in [1.29, 1.82) is 0 Å². The van der Waals surface area contributed by atoms with E-state index in [0.717, 1.165) is 6.08 Å². The monoisotopic (exact) mass is 214 g/mol. The van der Waals surface area contributed by atoms with Crippen LogP contribution >= 0.6 is 0 Å². The Labute approximate surface area is 90.5 Å². The highest BCUT2D eigenvalue weighted by atomic mass is 16.5. The van der Waals surface area contributed by atoms with E-state index in [4.69, 9.17) is 14.2 Å². The van der Waals surface area contributed by atoms with Crippen molar-refractivity contribution in [2.75, 3.05) is 19.8 Å². The second kappa shape index (κ2) is 9.27. The summed E-state index contributed by atoms with van der Waals surface area (Å²) in [7, 11) is 0. The Morgan fingerprint density at radius 1 is 1.33 bits per heavy atom. The molecule has 0 aliphatic rings. The molecule has 86 valence electrons. The van der Waals surface area contributed by atoms with Gasteiger partial charge >= 0.3 is 5.97 Å². The summed E-state index contributed by atoms with van der Waals surface area (Å²) in [5.74, 6) is -0.405. The molecule has 0 aromatic carbocycles. The van der Waals surface area contributed by atoms with Gasteiger partial charge in [-0.1, -0.05) is 13.2 Å². The Morgan fingerprint density at radius 3 is 2.67 bits per heavy atom. The lowest BCUT2D eigenvalue weighted by atomic mass is 10.3. The van der Waals surface area contributed by atoms with Gasteiger partial charge in [0.2, 0.25) is 0 Å². The molecule has 0 spiro atoms. The maximum atomic E-state index is 10.7. The van der Waals surface area contributed by atoms with Crippen LogP contribution in [0.25, 0.3) is 0 Å². The van der Waals surface area contributed by atoms with Crippen molar-refractivity contribution >= 4 is 5.97 Å². The van der Waals surface area contributed by atoms with E-state index in [-0.39, 0.29) is 6.10 Å². The van der Waals surface area contributed by atoms with Crippen LogP contribution in [0.1, 0.15) is 13.3 Å². The summed E-state index contributed by atoms with van der Waals surface area (Å²) in [5.41, 5.74) is 0. The van der Waals surface area contributed by atoms with E-state index in [1.54, 1.807) is 0 Å². The van der Waals surface area contributed by atoms with Gasteiger partial charge in [0.25, 0.3) is 0 Å². The summed E-state index contributed by atoms with van der Waals surface area (Å²) in [5, 5.41) is 0. The quantitative estimate of drug-likeness (QED) is 0.253. The van der Waals surface area contributed by atoms with Crippen molar-refractivity contribution in [3.05, 3.63) is 25.5 Å². The summed E-state index contributed by atoms with van der Waals surface area (Å²) in [6.45, 7) is 9.95. The van der Waals surface area contributed by atoms with Gasteiger partial charge in [-0.15, -0.1) is 0 Å². The Kier molecular flexibility index (Phi) is 8.47. The Balaban J connectivity index is 3.32. The van der Waals surface area contributed by atoms with E-state index in [9.17, 15) is 4.79 Å². The smallest absolute Gasteiger partial charge is 0.330 e. The molecule has 0 rings (SSSR count). The van der Waals surface area contributed by atoms with Gasteiger partial charge in [0.15, 0.2) is 0 Å². The summed E-state index contributed by atoms with van der Waals surface area (Å²) >= 11 is 0. The third-order valence-corrected chi connectivity index (χ3v) is 1.66. The van der Waals surface area contributed by atoms with E-state index >= 15 is 0 Å². The first-order valence-corrected chi connectivity index (χ1v) is 4.84. The lowest BCUT2D eigenvalue weighted by molar-refractivity contribution is -0.138. The lowest BCUT2D eigenvalue weighted by Gasteiger charge is -2.12. The van der Waals surface area contributed by atoms with Crippen LogP contribution in [0.5, 0.6) is 0 Å². The van der Waals surface area contributed by atoms with Crippen LogP contribution in [0.15, 0.2) is 25.5 Å². The van der Waals surface area contributed by atoms with Crippen LogP contribution in [0.2, 0.25) is 0 Å². The van der Waals surface area contributed by atoms with Crippen LogP contribution in [0.4, 0.5) is 0 Å². The predicted octanol–water partition coefficient (Wildman–Crippen LogP) is 1.67. The minimum absolute atomic E-state index is 0.0380. The summed E-state index contributed by atoms with van der Waals surface area (Å²) < 4.78 is 15.1. The topological polar surface area (TPSA) is 44.8 Å². The van der Waals surface area contributed by atoms with Crippen molar-refractivity contribution in [1.82, 2.24) is 0 Å². The minimum Gasteiger partial charge on any atom is -0.499 e. The molecule has 1 unspecified atom stereocenters. The number of hydrogen-bond acceptors (Lipinski definition) is 4. The molecular weight excluding hydrogens is 196 g/mol. The van der Waals surface area contributed by atoms with Gasteiger partial charge < -0.3 is 14.2 Å². The Bertz CT molecular complexity index is 201. The van der Waals surface area contributed by atoms with Crippen molar-refractivity contribution in [3.63, 3.8) is 0 Å². The third-order valence-electron chi connectivity index (χ3n) is 1.66. The van der Waals surface area contributed by atoms with Crippen LogP contribution in [0, 0.1) is 0 Å². The van der Waals surface area contributed by atoms with Gasteiger partial charge in [-0.25, -0.2) is 4.79 Å². The number of rotatable bonds is 9. The molecule has 0 bridgehead atoms. The molecule has 15 heavy (non-hydrogen) atoms. The molecule has 1 atom stereocenters. The van der Waals surface area contributed by atoms with E-state index in [2.05, 4.69) is 13.2 Å². The average Bonchev–Trinajstić information content (AvgIpc) is 2.24. The third kappa shape index (κ3) is 9.02. The molecule has 0 radical (unpaired) electrons. The van der Waals surface area contributed by atoms with Gasteiger partial charge in [0.05, 0.1) is 25.6 Å². The van der Waals surface area contributed by atoms with Gasteiger partial charge in [-0.05, 0) is 6.92 Å². The molecule has 0 saturated heterocycles. The van der Waals surface area contributed by atoms with E-state index in [1.165, 1.54) is 6.26 Å². The fraction of sp³-hybridized carbons (Fsp3) is 0.545. The molecule has 0 fully saturated rings. The summed E-state index contributed by atoms with van der Waals surface area (Å²) in [6, 6.07) is 0. The highest BCUT2D eigenvalue weighted by Gasteiger charge is 2.03. The molecule has 0 aliphatic carbocycles. The Hall–Kier alpha value is -1.29. The SMILES string of the molecule is C=COCCOC(C)CCOC(=O)C=C. The number of carbonyl (C=O) groups is 1. The molecular formula is C11H18O4.